The van der Waals surface area contributed by atoms with Gasteiger partial charge in [-0.15, -0.1) is 11.3 Å². The number of rotatable bonds is 3. The van der Waals surface area contributed by atoms with Gasteiger partial charge < -0.3 is 10.3 Å². The lowest BCUT2D eigenvalue weighted by molar-refractivity contribution is 0.430. The van der Waals surface area contributed by atoms with Crippen molar-refractivity contribution in [2.24, 2.45) is 0 Å². The summed E-state index contributed by atoms with van der Waals surface area (Å²) in [5.74, 6) is 1.76. The van der Waals surface area contributed by atoms with E-state index in [9.17, 15) is 0 Å². The van der Waals surface area contributed by atoms with Crippen LogP contribution in [0.3, 0.4) is 0 Å². The first-order valence-corrected chi connectivity index (χ1v) is 8.13. The average Bonchev–Trinajstić information content (AvgIpc) is 3.00. The molecule has 0 amide bonds. The van der Waals surface area contributed by atoms with Crippen molar-refractivity contribution < 1.29 is 0 Å². The summed E-state index contributed by atoms with van der Waals surface area (Å²) in [6.45, 7) is 4.43. The van der Waals surface area contributed by atoms with Gasteiger partial charge in [-0.2, -0.15) is 0 Å². The van der Waals surface area contributed by atoms with Gasteiger partial charge in [-0.25, -0.2) is 9.97 Å². The Bertz CT molecular complexity index is 797. The maximum absolute atomic E-state index is 5.92. The first kappa shape index (κ1) is 12.8. The summed E-state index contributed by atoms with van der Waals surface area (Å²) in [6.07, 6.45) is 4.33. The number of hydrogen-bond acceptors (Lipinski definition) is 4. The summed E-state index contributed by atoms with van der Waals surface area (Å²) < 4.78 is 2.36. The van der Waals surface area contributed by atoms with Crippen LogP contribution in [0.15, 0.2) is 29.8 Å². The van der Waals surface area contributed by atoms with Crippen molar-refractivity contribution in [3.63, 3.8) is 0 Å². The minimum absolute atomic E-state index is 0.197. The molecule has 108 valence electrons. The molecule has 0 atom stereocenters. The number of anilines is 1. The average molecular weight is 298 g/mol. The van der Waals surface area contributed by atoms with E-state index in [1.54, 1.807) is 11.3 Å². The number of imidazole rings is 1. The monoisotopic (exact) mass is 298 g/mol. The van der Waals surface area contributed by atoms with E-state index in [4.69, 9.17) is 10.7 Å². The number of nitrogen functional groups attached to an aromatic ring is 1. The van der Waals surface area contributed by atoms with Crippen LogP contribution in [0.1, 0.15) is 43.4 Å². The summed E-state index contributed by atoms with van der Waals surface area (Å²) >= 11 is 1.70. The molecule has 0 unspecified atom stereocenters. The molecule has 0 saturated heterocycles. The lowest BCUT2D eigenvalue weighted by Crippen LogP contribution is -2.29. The van der Waals surface area contributed by atoms with E-state index in [0.29, 0.717) is 5.92 Å². The van der Waals surface area contributed by atoms with Crippen molar-refractivity contribution in [1.82, 2.24) is 14.5 Å². The second-order valence-corrected chi connectivity index (χ2v) is 7.12. The van der Waals surface area contributed by atoms with Crippen LogP contribution in [0.4, 0.5) is 5.69 Å². The third-order valence-corrected chi connectivity index (χ3v) is 5.25. The highest BCUT2D eigenvalue weighted by molar-refractivity contribution is 7.09. The third kappa shape index (κ3) is 1.95. The van der Waals surface area contributed by atoms with Crippen LogP contribution in [0.25, 0.3) is 11.0 Å². The maximum atomic E-state index is 5.92. The zero-order chi connectivity index (χ0) is 14.6. The molecule has 3 aromatic rings. The van der Waals surface area contributed by atoms with Crippen LogP contribution in [0.5, 0.6) is 0 Å². The Hall–Kier alpha value is -1.88. The van der Waals surface area contributed by atoms with Crippen LogP contribution in [0.2, 0.25) is 0 Å². The third-order valence-electron chi connectivity index (χ3n) is 4.16. The van der Waals surface area contributed by atoms with E-state index >= 15 is 0 Å². The van der Waals surface area contributed by atoms with Crippen molar-refractivity contribution in [2.45, 2.75) is 38.1 Å². The van der Waals surface area contributed by atoms with Gasteiger partial charge in [0.05, 0.1) is 16.6 Å². The van der Waals surface area contributed by atoms with E-state index in [0.717, 1.165) is 21.7 Å². The fourth-order valence-electron chi connectivity index (χ4n) is 2.94. The fourth-order valence-corrected chi connectivity index (χ4v) is 3.69. The topological polar surface area (TPSA) is 56.7 Å². The van der Waals surface area contributed by atoms with Gasteiger partial charge >= 0.3 is 0 Å². The zero-order valence-corrected chi connectivity index (χ0v) is 13.0. The molecule has 21 heavy (non-hydrogen) atoms. The van der Waals surface area contributed by atoms with Gasteiger partial charge in [0.1, 0.15) is 10.8 Å². The van der Waals surface area contributed by atoms with Crippen molar-refractivity contribution in [2.75, 3.05) is 5.73 Å². The lowest BCUT2D eigenvalue weighted by atomic mass is 10.1. The van der Waals surface area contributed by atoms with E-state index < -0.39 is 0 Å². The van der Waals surface area contributed by atoms with Gasteiger partial charge in [0.25, 0.3) is 0 Å². The smallest absolute Gasteiger partial charge is 0.118 e. The molecule has 5 heteroatoms. The van der Waals surface area contributed by atoms with Crippen molar-refractivity contribution >= 4 is 28.1 Å². The second-order valence-electron chi connectivity index (χ2n) is 6.22. The standard InChI is InChI=1S/C16H18N4S/c1-16(2,15-18-7-8-21-15)20-13-6-5-11(17)9-12(13)19-14(20)10-3-4-10/h5-10H,3-4,17H2,1-2H3. The SMILES string of the molecule is CC(C)(c1nccs1)n1c(C2CC2)nc2cc(N)ccc21. The Morgan fingerprint density at radius 3 is 2.81 bits per heavy atom. The molecule has 1 aliphatic rings. The number of benzene rings is 1. The fraction of sp³-hybridized carbons (Fsp3) is 0.375. The Kier molecular flexibility index (Phi) is 2.63. The number of aromatic nitrogens is 3. The highest BCUT2D eigenvalue weighted by Crippen LogP contribution is 2.44. The van der Waals surface area contributed by atoms with E-state index in [-0.39, 0.29) is 5.54 Å². The predicted octanol–water partition coefficient (Wildman–Crippen LogP) is 3.74. The van der Waals surface area contributed by atoms with E-state index in [1.165, 1.54) is 18.7 Å². The maximum Gasteiger partial charge on any atom is 0.118 e. The Morgan fingerprint density at radius 1 is 1.33 bits per heavy atom. The Morgan fingerprint density at radius 2 is 2.14 bits per heavy atom. The number of fused-ring (bicyclic) bond motifs is 1. The van der Waals surface area contributed by atoms with Gasteiger partial charge in [-0.1, -0.05) is 0 Å². The minimum Gasteiger partial charge on any atom is -0.399 e. The summed E-state index contributed by atoms with van der Waals surface area (Å²) in [7, 11) is 0. The molecule has 2 N–H and O–H groups in total. The first-order chi connectivity index (χ1) is 10.1. The Labute approximate surface area is 127 Å². The highest BCUT2D eigenvalue weighted by atomic mass is 32.1. The molecule has 0 aliphatic heterocycles. The molecule has 4 rings (SSSR count). The van der Waals surface area contributed by atoms with E-state index in [2.05, 4.69) is 29.5 Å². The summed E-state index contributed by atoms with van der Waals surface area (Å²) in [5.41, 5.74) is 8.62. The van der Waals surface area contributed by atoms with Crippen molar-refractivity contribution in [3.05, 3.63) is 40.6 Å². The molecular weight excluding hydrogens is 280 g/mol. The number of nitrogens with zero attached hydrogens (tertiary/aromatic N) is 3. The number of thiazole rings is 1. The molecule has 1 aromatic carbocycles. The van der Waals surface area contributed by atoms with Crippen LogP contribution >= 0.6 is 11.3 Å². The van der Waals surface area contributed by atoms with E-state index in [1.807, 2.05) is 23.7 Å². The molecule has 2 aromatic heterocycles. The van der Waals surface area contributed by atoms with Crippen LogP contribution in [-0.2, 0) is 5.54 Å². The quantitative estimate of drug-likeness (QED) is 0.749. The van der Waals surface area contributed by atoms with Gasteiger partial charge in [-0.3, -0.25) is 0 Å². The molecule has 2 heterocycles. The summed E-state index contributed by atoms with van der Waals surface area (Å²) in [4.78, 5) is 9.41. The molecule has 1 saturated carbocycles. The molecule has 1 fully saturated rings. The van der Waals surface area contributed by atoms with Crippen LogP contribution in [-0.4, -0.2) is 14.5 Å². The van der Waals surface area contributed by atoms with Gasteiger partial charge in [0.15, 0.2) is 0 Å². The normalized spacial score (nSPS) is 15.7. The molecular formula is C16H18N4S. The zero-order valence-electron chi connectivity index (χ0n) is 12.2. The second kappa shape index (κ2) is 4.31. The largest absolute Gasteiger partial charge is 0.399 e. The first-order valence-electron chi connectivity index (χ1n) is 7.25. The molecule has 1 aliphatic carbocycles. The molecule has 0 bridgehead atoms. The number of hydrogen-bond donors (Lipinski definition) is 1. The van der Waals surface area contributed by atoms with Crippen molar-refractivity contribution in [3.8, 4) is 0 Å². The number of nitrogens with two attached hydrogens (primary N) is 1. The molecule has 0 radical (unpaired) electrons. The predicted molar refractivity (Wildman–Crippen MR) is 86.7 cm³/mol. The van der Waals surface area contributed by atoms with Crippen LogP contribution < -0.4 is 5.73 Å². The van der Waals surface area contributed by atoms with Crippen LogP contribution in [0, 0.1) is 0 Å². The summed E-state index contributed by atoms with van der Waals surface area (Å²) in [6, 6.07) is 6.00. The molecule has 0 spiro atoms. The Balaban J connectivity index is 2.00. The van der Waals surface area contributed by atoms with Crippen molar-refractivity contribution in [1.29, 1.82) is 0 Å². The van der Waals surface area contributed by atoms with Gasteiger partial charge in [0, 0.05) is 23.2 Å². The summed E-state index contributed by atoms with van der Waals surface area (Å²) in [5, 5.41) is 3.14. The minimum atomic E-state index is -0.197. The van der Waals surface area contributed by atoms with Gasteiger partial charge in [-0.05, 0) is 44.9 Å². The van der Waals surface area contributed by atoms with Gasteiger partial charge in [0.2, 0.25) is 0 Å². The molecule has 4 nitrogen and oxygen atoms in total. The highest BCUT2D eigenvalue weighted by Gasteiger charge is 2.36. The lowest BCUT2D eigenvalue weighted by Gasteiger charge is -2.27.